The minimum absolute atomic E-state index is 0.213. The van der Waals surface area contributed by atoms with Crippen LogP contribution in [-0.4, -0.2) is 5.16 Å². The fraction of sp³-hybridized carbons (Fsp3) is 0.250. The van der Waals surface area contributed by atoms with E-state index in [0.717, 1.165) is 11.1 Å². The molecule has 16 heavy (non-hydrogen) atoms. The summed E-state index contributed by atoms with van der Waals surface area (Å²) in [5, 5.41) is 3.89. The molecular weight excluding hydrogens is 207 g/mol. The Labute approximate surface area is 93.1 Å². The standard InChI is InChI=1S/C12H13FN2O/c1-7-3-4-9(13)5-10(7)11-6-12(8(2)14)16-15-11/h3-6,8H,14H2,1-2H3. The maximum Gasteiger partial charge on any atom is 0.153 e. The molecule has 1 heterocycles. The number of nitrogens with zero attached hydrogens (tertiary/aromatic N) is 1. The first kappa shape index (κ1) is 10.8. The highest BCUT2D eigenvalue weighted by molar-refractivity contribution is 5.63. The molecule has 4 heteroatoms. The molecule has 0 amide bonds. The van der Waals surface area contributed by atoms with Gasteiger partial charge < -0.3 is 10.3 Å². The number of hydrogen-bond donors (Lipinski definition) is 1. The molecule has 0 spiro atoms. The van der Waals surface area contributed by atoms with E-state index in [2.05, 4.69) is 5.16 Å². The summed E-state index contributed by atoms with van der Waals surface area (Å²) in [5.41, 5.74) is 7.96. The van der Waals surface area contributed by atoms with Gasteiger partial charge >= 0.3 is 0 Å². The van der Waals surface area contributed by atoms with Crippen molar-refractivity contribution in [3.63, 3.8) is 0 Å². The zero-order valence-corrected chi connectivity index (χ0v) is 9.20. The average molecular weight is 220 g/mol. The van der Waals surface area contributed by atoms with Crippen LogP contribution in [0.4, 0.5) is 4.39 Å². The maximum atomic E-state index is 13.1. The highest BCUT2D eigenvalue weighted by Gasteiger charge is 2.11. The van der Waals surface area contributed by atoms with Crippen LogP contribution in [-0.2, 0) is 0 Å². The minimum atomic E-state index is -0.286. The van der Waals surface area contributed by atoms with Crippen molar-refractivity contribution in [2.24, 2.45) is 5.73 Å². The van der Waals surface area contributed by atoms with Crippen LogP contribution >= 0.6 is 0 Å². The van der Waals surface area contributed by atoms with Crippen LogP contribution in [0.15, 0.2) is 28.8 Å². The lowest BCUT2D eigenvalue weighted by Crippen LogP contribution is -2.02. The molecule has 2 N–H and O–H groups in total. The van der Waals surface area contributed by atoms with Gasteiger partial charge in [0.15, 0.2) is 5.76 Å². The smallest absolute Gasteiger partial charge is 0.153 e. The molecule has 2 aromatic rings. The lowest BCUT2D eigenvalue weighted by Gasteiger charge is -2.00. The van der Waals surface area contributed by atoms with Crippen molar-refractivity contribution in [2.45, 2.75) is 19.9 Å². The van der Waals surface area contributed by atoms with Crippen molar-refractivity contribution in [2.75, 3.05) is 0 Å². The topological polar surface area (TPSA) is 52.0 Å². The van der Waals surface area contributed by atoms with Gasteiger partial charge in [-0.2, -0.15) is 0 Å². The fourth-order valence-corrected chi connectivity index (χ4v) is 1.50. The van der Waals surface area contributed by atoms with Crippen molar-refractivity contribution >= 4 is 0 Å². The molecule has 0 saturated carbocycles. The van der Waals surface area contributed by atoms with Crippen molar-refractivity contribution in [3.05, 3.63) is 41.4 Å². The fourth-order valence-electron chi connectivity index (χ4n) is 1.50. The first-order valence-corrected chi connectivity index (χ1v) is 5.06. The van der Waals surface area contributed by atoms with E-state index in [0.29, 0.717) is 11.5 Å². The highest BCUT2D eigenvalue weighted by atomic mass is 19.1. The van der Waals surface area contributed by atoms with E-state index in [4.69, 9.17) is 10.3 Å². The van der Waals surface area contributed by atoms with E-state index in [-0.39, 0.29) is 11.9 Å². The summed E-state index contributed by atoms with van der Waals surface area (Å²) in [6.45, 7) is 3.71. The number of benzene rings is 1. The van der Waals surface area contributed by atoms with Crippen LogP contribution in [0.3, 0.4) is 0 Å². The van der Waals surface area contributed by atoms with Crippen molar-refractivity contribution < 1.29 is 8.91 Å². The summed E-state index contributed by atoms with van der Waals surface area (Å²) in [6.07, 6.45) is 0. The third-order valence-corrected chi connectivity index (χ3v) is 2.45. The van der Waals surface area contributed by atoms with E-state index in [1.54, 1.807) is 12.1 Å². The van der Waals surface area contributed by atoms with E-state index in [9.17, 15) is 4.39 Å². The van der Waals surface area contributed by atoms with Crippen LogP contribution in [0.2, 0.25) is 0 Å². The van der Waals surface area contributed by atoms with E-state index in [1.807, 2.05) is 13.8 Å². The lowest BCUT2D eigenvalue weighted by molar-refractivity contribution is 0.369. The summed E-state index contributed by atoms with van der Waals surface area (Å²) in [5.74, 6) is 0.310. The Balaban J connectivity index is 2.46. The lowest BCUT2D eigenvalue weighted by atomic mass is 10.1. The molecule has 1 atom stereocenters. The van der Waals surface area contributed by atoms with Crippen LogP contribution in [0.25, 0.3) is 11.3 Å². The molecule has 0 saturated heterocycles. The zero-order valence-electron chi connectivity index (χ0n) is 9.20. The van der Waals surface area contributed by atoms with Gasteiger partial charge in [0.05, 0.1) is 6.04 Å². The number of nitrogens with two attached hydrogens (primary N) is 1. The van der Waals surface area contributed by atoms with Gasteiger partial charge in [-0.3, -0.25) is 0 Å². The number of rotatable bonds is 2. The second-order valence-corrected chi connectivity index (χ2v) is 3.86. The van der Waals surface area contributed by atoms with Crippen molar-refractivity contribution in [3.8, 4) is 11.3 Å². The maximum absolute atomic E-state index is 13.1. The van der Waals surface area contributed by atoms with Crippen LogP contribution in [0.1, 0.15) is 24.3 Å². The number of hydrogen-bond acceptors (Lipinski definition) is 3. The molecular formula is C12H13FN2O. The first-order chi connectivity index (χ1) is 7.58. The summed E-state index contributed by atoms with van der Waals surface area (Å²) in [7, 11) is 0. The molecule has 0 aliphatic heterocycles. The summed E-state index contributed by atoms with van der Waals surface area (Å²) in [4.78, 5) is 0. The second-order valence-electron chi connectivity index (χ2n) is 3.86. The monoisotopic (exact) mass is 220 g/mol. The van der Waals surface area contributed by atoms with Gasteiger partial charge in [-0.25, -0.2) is 4.39 Å². The first-order valence-electron chi connectivity index (χ1n) is 5.06. The molecule has 1 aromatic heterocycles. The second kappa shape index (κ2) is 4.06. The van der Waals surface area contributed by atoms with E-state index < -0.39 is 0 Å². The van der Waals surface area contributed by atoms with E-state index in [1.165, 1.54) is 12.1 Å². The Kier molecular flexibility index (Phi) is 2.75. The number of halogens is 1. The largest absolute Gasteiger partial charge is 0.359 e. The van der Waals surface area contributed by atoms with Gasteiger partial charge in [-0.15, -0.1) is 0 Å². The molecule has 84 valence electrons. The normalized spacial score (nSPS) is 12.8. The molecule has 0 bridgehead atoms. The molecule has 1 aromatic carbocycles. The average Bonchev–Trinajstić information content (AvgIpc) is 2.70. The third kappa shape index (κ3) is 1.97. The Morgan fingerprint density at radius 1 is 1.38 bits per heavy atom. The Hall–Kier alpha value is -1.68. The van der Waals surface area contributed by atoms with Crippen molar-refractivity contribution in [1.82, 2.24) is 5.16 Å². The number of aromatic nitrogens is 1. The van der Waals surface area contributed by atoms with Crippen LogP contribution in [0, 0.1) is 12.7 Å². The predicted molar refractivity (Wildman–Crippen MR) is 59.2 cm³/mol. The quantitative estimate of drug-likeness (QED) is 0.846. The predicted octanol–water partition coefficient (Wildman–Crippen LogP) is 2.81. The highest BCUT2D eigenvalue weighted by Crippen LogP contribution is 2.25. The number of aryl methyl sites for hydroxylation is 1. The van der Waals surface area contributed by atoms with Gasteiger partial charge in [0.1, 0.15) is 11.5 Å². The van der Waals surface area contributed by atoms with Gasteiger partial charge in [-0.05, 0) is 31.5 Å². The molecule has 3 nitrogen and oxygen atoms in total. The SMILES string of the molecule is Cc1ccc(F)cc1-c1cc(C(C)N)on1. The molecule has 1 unspecified atom stereocenters. The van der Waals surface area contributed by atoms with Crippen molar-refractivity contribution in [1.29, 1.82) is 0 Å². The Bertz CT molecular complexity index is 505. The molecule has 0 fully saturated rings. The Morgan fingerprint density at radius 3 is 2.75 bits per heavy atom. The molecule has 0 aliphatic rings. The molecule has 2 rings (SSSR count). The van der Waals surface area contributed by atoms with Gasteiger partial charge in [0, 0.05) is 11.6 Å². The summed E-state index contributed by atoms with van der Waals surface area (Å²) < 4.78 is 18.2. The van der Waals surface area contributed by atoms with Gasteiger partial charge in [0.25, 0.3) is 0 Å². The zero-order chi connectivity index (χ0) is 11.7. The van der Waals surface area contributed by atoms with Crippen LogP contribution in [0.5, 0.6) is 0 Å². The van der Waals surface area contributed by atoms with E-state index >= 15 is 0 Å². The third-order valence-electron chi connectivity index (χ3n) is 2.45. The van der Waals surface area contributed by atoms with Gasteiger partial charge in [0.2, 0.25) is 0 Å². The minimum Gasteiger partial charge on any atom is -0.359 e. The summed E-state index contributed by atoms with van der Waals surface area (Å²) >= 11 is 0. The summed E-state index contributed by atoms with van der Waals surface area (Å²) in [6, 6.07) is 6.11. The van der Waals surface area contributed by atoms with Gasteiger partial charge in [-0.1, -0.05) is 11.2 Å². The molecule has 0 aliphatic carbocycles. The molecule has 0 radical (unpaired) electrons. The van der Waals surface area contributed by atoms with Crippen LogP contribution < -0.4 is 5.73 Å². The Morgan fingerprint density at radius 2 is 2.12 bits per heavy atom.